The summed E-state index contributed by atoms with van der Waals surface area (Å²) in [6.45, 7) is 10.4. The van der Waals surface area contributed by atoms with E-state index in [1.54, 1.807) is 7.11 Å². The van der Waals surface area contributed by atoms with Gasteiger partial charge in [-0.15, -0.1) is 5.10 Å². The molecule has 7 heteroatoms. The summed E-state index contributed by atoms with van der Waals surface area (Å²) in [5.41, 5.74) is 2.54. The Morgan fingerprint density at radius 3 is 2.22 bits per heavy atom. The van der Waals surface area contributed by atoms with Gasteiger partial charge in [0.05, 0.1) is 19.7 Å². The number of ether oxygens (including phenoxy) is 1. The summed E-state index contributed by atoms with van der Waals surface area (Å²) in [5, 5.41) is 12.9. The number of benzene rings is 2. The number of tetrazole rings is 1. The molecular formula is C25H34N6O. The first kappa shape index (κ1) is 22.4. The zero-order valence-corrected chi connectivity index (χ0v) is 19.4. The van der Waals surface area contributed by atoms with Crippen LogP contribution in [0.4, 0.5) is 0 Å². The predicted molar refractivity (Wildman–Crippen MR) is 125 cm³/mol. The molecule has 1 atom stereocenters. The van der Waals surface area contributed by atoms with E-state index in [-0.39, 0.29) is 6.04 Å². The molecule has 170 valence electrons. The Morgan fingerprint density at radius 2 is 1.56 bits per heavy atom. The van der Waals surface area contributed by atoms with E-state index >= 15 is 0 Å². The van der Waals surface area contributed by atoms with Gasteiger partial charge in [0.25, 0.3) is 0 Å². The van der Waals surface area contributed by atoms with Gasteiger partial charge in [-0.25, -0.2) is 4.68 Å². The van der Waals surface area contributed by atoms with Gasteiger partial charge < -0.3 is 4.74 Å². The Balaban J connectivity index is 1.44. The van der Waals surface area contributed by atoms with Gasteiger partial charge in [0.15, 0.2) is 5.82 Å². The van der Waals surface area contributed by atoms with E-state index in [1.807, 2.05) is 16.8 Å². The van der Waals surface area contributed by atoms with Crippen LogP contribution in [0.1, 0.15) is 43.3 Å². The minimum atomic E-state index is 0.224. The molecular weight excluding hydrogens is 400 g/mol. The van der Waals surface area contributed by atoms with Crippen LogP contribution in [0.2, 0.25) is 0 Å². The number of hydrogen-bond acceptors (Lipinski definition) is 6. The van der Waals surface area contributed by atoms with Gasteiger partial charge in [-0.3, -0.25) is 9.80 Å². The van der Waals surface area contributed by atoms with Crippen molar-refractivity contribution in [3.05, 3.63) is 71.5 Å². The average Bonchev–Trinajstić information content (AvgIpc) is 3.27. The summed E-state index contributed by atoms with van der Waals surface area (Å²) in [5.74, 6) is 2.39. The molecule has 3 aromatic rings. The molecule has 0 saturated carbocycles. The fourth-order valence-electron chi connectivity index (χ4n) is 4.41. The maximum Gasteiger partial charge on any atom is 0.168 e. The van der Waals surface area contributed by atoms with Crippen molar-refractivity contribution in [2.24, 2.45) is 5.92 Å². The molecule has 0 spiro atoms. The van der Waals surface area contributed by atoms with Crippen molar-refractivity contribution in [2.45, 2.75) is 39.4 Å². The van der Waals surface area contributed by atoms with Crippen LogP contribution in [0.25, 0.3) is 0 Å². The lowest BCUT2D eigenvalue weighted by molar-refractivity contribution is 0.0770. The van der Waals surface area contributed by atoms with E-state index in [4.69, 9.17) is 4.74 Å². The van der Waals surface area contributed by atoms with Crippen molar-refractivity contribution < 1.29 is 4.74 Å². The van der Waals surface area contributed by atoms with Gasteiger partial charge in [0.2, 0.25) is 0 Å². The lowest BCUT2D eigenvalue weighted by Crippen LogP contribution is -2.48. The number of aromatic nitrogens is 4. The van der Waals surface area contributed by atoms with E-state index in [0.717, 1.165) is 56.3 Å². The SMILES string of the molecule is COc1ccc(Cn2nnnc2C(CC(C)C)N2CCN(Cc3ccccc3)CC2)cc1. The molecule has 0 amide bonds. The summed E-state index contributed by atoms with van der Waals surface area (Å²) < 4.78 is 7.24. The Kier molecular flexibility index (Phi) is 7.50. The largest absolute Gasteiger partial charge is 0.497 e. The summed E-state index contributed by atoms with van der Waals surface area (Å²) in [6.07, 6.45) is 1.04. The van der Waals surface area contributed by atoms with Crippen molar-refractivity contribution in [2.75, 3.05) is 33.3 Å². The zero-order valence-electron chi connectivity index (χ0n) is 19.4. The monoisotopic (exact) mass is 434 g/mol. The van der Waals surface area contributed by atoms with Crippen LogP contribution in [0.3, 0.4) is 0 Å². The highest BCUT2D eigenvalue weighted by molar-refractivity contribution is 5.27. The van der Waals surface area contributed by atoms with E-state index in [9.17, 15) is 0 Å². The van der Waals surface area contributed by atoms with Crippen LogP contribution in [-0.4, -0.2) is 63.3 Å². The van der Waals surface area contributed by atoms with Crippen molar-refractivity contribution in [1.82, 2.24) is 30.0 Å². The Morgan fingerprint density at radius 1 is 0.875 bits per heavy atom. The van der Waals surface area contributed by atoms with Crippen molar-refractivity contribution >= 4 is 0 Å². The van der Waals surface area contributed by atoms with Crippen LogP contribution in [-0.2, 0) is 13.1 Å². The molecule has 0 aliphatic carbocycles. The lowest BCUT2D eigenvalue weighted by atomic mass is 10.0. The molecule has 1 saturated heterocycles. The van der Waals surface area contributed by atoms with E-state index < -0.39 is 0 Å². The third-order valence-corrected chi connectivity index (χ3v) is 6.14. The molecule has 1 aromatic heterocycles. The van der Waals surface area contributed by atoms with E-state index in [0.29, 0.717) is 12.5 Å². The number of methoxy groups -OCH3 is 1. The maximum absolute atomic E-state index is 5.28. The van der Waals surface area contributed by atoms with Gasteiger partial charge >= 0.3 is 0 Å². The third-order valence-electron chi connectivity index (χ3n) is 6.14. The first-order valence-corrected chi connectivity index (χ1v) is 11.5. The first-order chi connectivity index (χ1) is 15.6. The Hall–Kier alpha value is -2.77. The molecule has 32 heavy (non-hydrogen) atoms. The molecule has 2 heterocycles. The van der Waals surface area contributed by atoms with Crippen LogP contribution < -0.4 is 4.74 Å². The summed E-state index contributed by atoms with van der Waals surface area (Å²) in [6, 6.07) is 19.1. The summed E-state index contributed by atoms with van der Waals surface area (Å²) >= 11 is 0. The highest BCUT2D eigenvalue weighted by atomic mass is 16.5. The van der Waals surface area contributed by atoms with Crippen molar-refractivity contribution in [3.8, 4) is 5.75 Å². The third kappa shape index (κ3) is 5.72. The fourth-order valence-corrected chi connectivity index (χ4v) is 4.41. The average molecular weight is 435 g/mol. The molecule has 1 aliphatic heterocycles. The Bertz CT molecular complexity index is 948. The van der Waals surface area contributed by atoms with Gasteiger partial charge in [0, 0.05) is 32.7 Å². The second-order valence-corrected chi connectivity index (χ2v) is 8.99. The Labute approximate surface area is 191 Å². The second-order valence-electron chi connectivity index (χ2n) is 8.99. The summed E-state index contributed by atoms with van der Waals surface area (Å²) in [7, 11) is 1.69. The molecule has 4 rings (SSSR count). The molecule has 0 radical (unpaired) electrons. The van der Waals surface area contributed by atoms with E-state index in [2.05, 4.69) is 81.6 Å². The molecule has 0 N–H and O–H groups in total. The number of hydrogen-bond donors (Lipinski definition) is 0. The van der Waals surface area contributed by atoms with E-state index in [1.165, 1.54) is 5.56 Å². The number of piperazine rings is 1. The van der Waals surface area contributed by atoms with Crippen LogP contribution in [0.15, 0.2) is 54.6 Å². The molecule has 1 unspecified atom stereocenters. The van der Waals surface area contributed by atoms with Gasteiger partial charge in [-0.1, -0.05) is 56.3 Å². The molecule has 2 aromatic carbocycles. The van der Waals surface area contributed by atoms with Gasteiger partial charge in [-0.05, 0) is 46.0 Å². The normalized spacial score (nSPS) is 16.4. The first-order valence-electron chi connectivity index (χ1n) is 11.5. The smallest absolute Gasteiger partial charge is 0.168 e. The van der Waals surface area contributed by atoms with Gasteiger partial charge in [-0.2, -0.15) is 0 Å². The quantitative estimate of drug-likeness (QED) is 0.513. The van der Waals surface area contributed by atoms with Crippen LogP contribution in [0.5, 0.6) is 5.75 Å². The number of nitrogens with zero attached hydrogens (tertiary/aromatic N) is 6. The number of rotatable bonds is 9. The molecule has 7 nitrogen and oxygen atoms in total. The zero-order chi connectivity index (χ0) is 22.3. The van der Waals surface area contributed by atoms with Gasteiger partial charge in [0.1, 0.15) is 5.75 Å². The summed E-state index contributed by atoms with van der Waals surface area (Å²) in [4.78, 5) is 5.11. The molecule has 0 bridgehead atoms. The fraction of sp³-hybridized carbons (Fsp3) is 0.480. The van der Waals surface area contributed by atoms with Crippen molar-refractivity contribution in [3.63, 3.8) is 0 Å². The standard InChI is InChI=1S/C25H34N6O/c1-20(2)17-24(30-15-13-29(14-16-30)18-21-7-5-4-6-8-21)25-26-27-28-31(25)19-22-9-11-23(32-3)12-10-22/h4-12,20,24H,13-19H2,1-3H3. The topological polar surface area (TPSA) is 59.3 Å². The van der Waals surface area contributed by atoms with Crippen LogP contribution >= 0.6 is 0 Å². The minimum absolute atomic E-state index is 0.224. The highest BCUT2D eigenvalue weighted by Gasteiger charge is 2.29. The lowest BCUT2D eigenvalue weighted by Gasteiger charge is -2.39. The molecule has 1 fully saturated rings. The molecule has 1 aliphatic rings. The second kappa shape index (κ2) is 10.7. The highest BCUT2D eigenvalue weighted by Crippen LogP contribution is 2.28. The van der Waals surface area contributed by atoms with Crippen molar-refractivity contribution in [1.29, 1.82) is 0 Å². The maximum atomic E-state index is 5.28. The minimum Gasteiger partial charge on any atom is -0.497 e. The predicted octanol–water partition coefficient (Wildman–Crippen LogP) is 3.64. The van der Waals surface area contributed by atoms with Crippen LogP contribution in [0, 0.1) is 5.92 Å².